The van der Waals surface area contributed by atoms with Gasteiger partial charge in [-0.2, -0.15) is 13.2 Å². The third-order valence-electron chi connectivity index (χ3n) is 3.33. The van der Waals surface area contributed by atoms with Gasteiger partial charge in [-0.05, 0) is 25.0 Å². The monoisotopic (exact) mass is 308 g/mol. The molecule has 0 aromatic heterocycles. The van der Waals surface area contributed by atoms with Crippen LogP contribution in [0.3, 0.4) is 0 Å². The van der Waals surface area contributed by atoms with Crippen LogP contribution in [-0.2, 0) is 0 Å². The van der Waals surface area contributed by atoms with Crippen LogP contribution in [0.5, 0.6) is 0 Å². The highest BCUT2D eigenvalue weighted by molar-refractivity contribution is 5.94. The van der Waals surface area contributed by atoms with Gasteiger partial charge in [0.1, 0.15) is 23.2 Å². The molecular weight excluding hydrogens is 295 g/mol. The van der Waals surface area contributed by atoms with Crippen molar-refractivity contribution < 1.29 is 26.7 Å². The summed E-state index contributed by atoms with van der Waals surface area (Å²) >= 11 is 0. The van der Waals surface area contributed by atoms with Crippen LogP contribution >= 0.6 is 0 Å². The lowest BCUT2D eigenvalue weighted by Gasteiger charge is -2.31. The first-order valence-corrected chi connectivity index (χ1v) is 6.34. The molecule has 1 aliphatic heterocycles. The van der Waals surface area contributed by atoms with Gasteiger partial charge in [-0.25, -0.2) is 8.78 Å². The van der Waals surface area contributed by atoms with Crippen LogP contribution in [0.1, 0.15) is 23.2 Å². The molecule has 0 saturated carbocycles. The summed E-state index contributed by atoms with van der Waals surface area (Å²) < 4.78 is 64.2. The van der Waals surface area contributed by atoms with E-state index in [-0.39, 0.29) is 19.4 Å². The number of carbonyl (C=O) groups is 1. The Morgan fingerprint density at radius 2 is 1.81 bits per heavy atom. The van der Waals surface area contributed by atoms with Crippen LogP contribution in [0, 0.1) is 11.6 Å². The highest BCUT2D eigenvalue weighted by Gasteiger charge is 2.41. The SMILES string of the molecule is O=C(NC1CCC(C(F)(F)F)NC1)c1c(F)cccc1F. The minimum absolute atomic E-state index is 0.0823. The van der Waals surface area contributed by atoms with Crippen molar-refractivity contribution in [1.29, 1.82) is 0 Å². The molecule has 2 atom stereocenters. The quantitative estimate of drug-likeness (QED) is 0.824. The van der Waals surface area contributed by atoms with Crippen LogP contribution in [0.15, 0.2) is 18.2 Å². The van der Waals surface area contributed by atoms with E-state index >= 15 is 0 Å². The lowest BCUT2D eigenvalue weighted by Crippen LogP contribution is -2.54. The van der Waals surface area contributed by atoms with Crippen molar-refractivity contribution in [1.82, 2.24) is 10.6 Å². The molecule has 21 heavy (non-hydrogen) atoms. The van der Waals surface area contributed by atoms with Crippen LogP contribution in [-0.4, -0.2) is 30.7 Å². The fourth-order valence-corrected chi connectivity index (χ4v) is 2.23. The molecule has 1 saturated heterocycles. The molecular formula is C13H13F5N2O. The average Bonchev–Trinajstić information content (AvgIpc) is 2.38. The van der Waals surface area contributed by atoms with E-state index in [1.165, 1.54) is 0 Å². The zero-order chi connectivity index (χ0) is 15.6. The molecule has 2 unspecified atom stereocenters. The first-order chi connectivity index (χ1) is 9.79. The van der Waals surface area contributed by atoms with E-state index in [0.29, 0.717) is 0 Å². The van der Waals surface area contributed by atoms with Crippen molar-refractivity contribution in [2.24, 2.45) is 0 Å². The number of hydrogen-bond acceptors (Lipinski definition) is 2. The second kappa shape index (κ2) is 5.97. The van der Waals surface area contributed by atoms with Gasteiger partial charge in [0.2, 0.25) is 0 Å². The molecule has 0 spiro atoms. The molecule has 116 valence electrons. The van der Waals surface area contributed by atoms with E-state index in [1.54, 1.807) is 0 Å². The van der Waals surface area contributed by atoms with E-state index in [4.69, 9.17) is 0 Å². The minimum Gasteiger partial charge on any atom is -0.348 e. The van der Waals surface area contributed by atoms with Crippen molar-refractivity contribution in [2.75, 3.05) is 6.54 Å². The van der Waals surface area contributed by atoms with Crippen molar-refractivity contribution in [3.63, 3.8) is 0 Å². The molecule has 0 aliphatic carbocycles. The van der Waals surface area contributed by atoms with Crippen molar-refractivity contribution in [2.45, 2.75) is 31.1 Å². The second-order valence-corrected chi connectivity index (χ2v) is 4.85. The topological polar surface area (TPSA) is 41.1 Å². The third kappa shape index (κ3) is 3.69. The van der Waals surface area contributed by atoms with E-state index in [0.717, 1.165) is 18.2 Å². The zero-order valence-electron chi connectivity index (χ0n) is 10.8. The lowest BCUT2D eigenvalue weighted by molar-refractivity contribution is -0.160. The maximum atomic E-state index is 13.4. The van der Waals surface area contributed by atoms with Gasteiger partial charge in [0.05, 0.1) is 0 Å². The van der Waals surface area contributed by atoms with Crippen molar-refractivity contribution in [3.05, 3.63) is 35.4 Å². The van der Waals surface area contributed by atoms with E-state index < -0.39 is 41.4 Å². The Morgan fingerprint density at radius 1 is 1.19 bits per heavy atom. The van der Waals surface area contributed by atoms with Crippen molar-refractivity contribution in [3.8, 4) is 0 Å². The average molecular weight is 308 g/mol. The number of amides is 1. The molecule has 2 N–H and O–H groups in total. The van der Waals surface area contributed by atoms with Crippen LogP contribution in [0.25, 0.3) is 0 Å². The Morgan fingerprint density at radius 3 is 2.29 bits per heavy atom. The molecule has 1 aromatic carbocycles. The number of carbonyl (C=O) groups excluding carboxylic acids is 1. The highest BCUT2D eigenvalue weighted by atomic mass is 19.4. The van der Waals surface area contributed by atoms with Gasteiger partial charge in [-0.3, -0.25) is 4.79 Å². The summed E-state index contributed by atoms with van der Waals surface area (Å²) in [7, 11) is 0. The summed E-state index contributed by atoms with van der Waals surface area (Å²) in [4.78, 5) is 11.8. The number of piperidine rings is 1. The van der Waals surface area contributed by atoms with Gasteiger partial charge >= 0.3 is 6.18 Å². The number of alkyl halides is 3. The Balaban J connectivity index is 1.96. The number of halogens is 5. The fourth-order valence-electron chi connectivity index (χ4n) is 2.23. The first kappa shape index (κ1) is 15.7. The molecule has 3 nitrogen and oxygen atoms in total. The van der Waals surface area contributed by atoms with E-state index in [9.17, 15) is 26.7 Å². The minimum atomic E-state index is -4.34. The van der Waals surface area contributed by atoms with Gasteiger partial charge in [-0.15, -0.1) is 0 Å². The summed E-state index contributed by atoms with van der Waals surface area (Å²) in [6.07, 6.45) is -4.46. The van der Waals surface area contributed by atoms with Gasteiger partial charge in [0.25, 0.3) is 5.91 Å². The lowest BCUT2D eigenvalue weighted by atomic mass is 10.00. The Bertz CT molecular complexity index is 504. The maximum Gasteiger partial charge on any atom is 0.403 e. The first-order valence-electron chi connectivity index (χ1n) is 6.34. The molecule has 1 aliphatic rings. The summed E-state index contributed by atoms with van der Waals surface area (Å²) in [6.45, 7) is -0.105. The predicted octanol–water partition coefficient (Wildman–Crippen LogP) is 2.38. The number of hydrogen-bond donors (Lipinski definition) is 2. The Labute approximate surface area is 117 Å². The number of benzene rings is 1. The predicted molar refractivity (Wildman–Crippen MR) is 64.7 cm³/mol. The van der Waals surface area contributed by atoms with E-state index in [2.05, 4.69) is 10.6 Å². The maximum absolute atomic E-state index is 13.4. The fraction of sp³-hybridized carbons (Fsp3) is 0.462. The summed E-state index contributed by atoms with van der Waals surface area (Å²) in [5.74, 6) is -2.99. The number of nitrogens with one attached hydrogen (secondary N) is 2. The molecule has 1 fully saturated rings. The summed E-state index contributed by atoms with van der Waals surface area (Å²) in [5, 5.41) is 4.61. The van der Waals surface area contributed by atoms with Gasteiger partial charge < -0.3 is 10.6 Å². The summed E-state index contributed by atoms with van der Waals surface area (Å²) in [5.41, 5.74) is -0.726. The molecule has 1 heterocycles. The van der Waals surface area contributed by atoms with E-state index in [1.807, 2.05) is 0 Å². The molecule has 1 aromatic rings. The normalized spacial score (nSPS) is 22.9. The molecule has 1 amide bonds. The molecule has 0 radical (unpaired) electrons. The molecule has 2 rings (SSSR count). The van der Waals surface area contributed by atoms with Crippen LogP contribution in [0.2, 0.25) is 0 Å². The van der Waals surface area contributed by atoms with Gasteiger partial charge in [0, 0.05) is 12.6 Å². The largest absolute Gasteiger partial charge is 0.403 e. The molecule has 8 heteroatoms. The third-order valence-corrected chi connectivity index (χ3v) is 3.33. The highest BCUT2D eigenvalue weighted by Crippen LogP contribution is 2.26. The summed E-state index contributed by atoms with van der Waals surface area (Å²) in [6, 6.07) is 0.788. The van der Waals surface area contributed by atoms with Crippen molar-refractivity contribution >= 4 is 5.91 Å². The van der Waals surface area contributed by atoms with Crippen LogP contribution < -0.4 is 10.6 Å². The Hall–Kier alpha value is -1.70. The molecule has 0 bridgehead atoms. The zero-order valence-corrected chi connectivity index (χ0v) is 10.8. The second-order valence-electron chi connectivity index (χ2n) is 4.85. The van der Waals surface area contributed by atoms with Gasteiger partial charge in [0.15, 0.2) is 0 Å². The van der Waals surface area contributed by atoms with Crippen LogP contribution in [0.4, 0.5) is 22.0 Å². The Kier molecular flexibility index (Phi) is 4.46. The number of rotatable bonds is 2. The van der Waals surface area contributed by atoms with Gasteiger partial charge in [-0.1, -0.05) is 6.07 Å². The smallest absolute Gasteiger partial charge is 0.348 e. The standard InChI is InChI=1S/C13H13F5N2O/c14-8-2-1-3-9(15)11(8)12(21)20-7-4-5-10(19-6-7)13(16,17)18/h1-3,7,10,19H,4-6H2,(H,20,21).